The molecule has 28 heavy (non-hydrogen) atoms. The molecule has 1 atom stereocenters. The number of hydrogen-bond acceptors (Lipinski definition) is 8. The number of nitrogens with two attached hydrogens (primary N) is 1. The van der Waals surface area contributed by atoms with Crippen molar-refractivity contribution in [3.8, 4) is 0 Å². The third-order valence-corrected chi connectivity index (χ3v) is 6.37. The van der Waals surface area contributed by atoms with E-state index in [2.05, 4.69) is 10.2 Å². The summed E-state index contributed by atoms with van der Waals surface area (Å²) in [6, 6.07) is 3.56. The highest BCUT2D eigenvalue weighted by molar-refractivity contribution is 7.91. The van der Waals surface area contributed by atoms with Crippen LogP contribution in [0.15, 0.2) is 28.6 Å². The summed E-state index contributed by atoms with van der Waals surface area (Å²) in [6.07, 6.45) is -5.56. The van der Waals surface area contributed by atoms with Gasteiger partial charge in [-0.25, -0.2) is 18.1 Å². The van der Waals surface area contributed by atoms with Crippen LogP contribution in [0.3, 0.4) is 0 Å². The fraction of sp³-hybridized carbons (Fsp3) is 0.167. The first-order valence-electron chi connectivity index (χ1n) is 7.00. The van der Waals surface area contributed by atoms with Crippen LogP contribution >= 0.6 is 22.9 Å². The fourth-order valence-corrected chi connectivity index (χ4v) is 4.55. The molecule has 3 rings (SSSR count). The van der Waals surface area contributed by atoms with E-state index in [9.17, 15) is 31.2 Å². The van der Waals surface area contributed by atoms with Crippen LogP contribution in [-0.4, -0.2) is 42.4 Å². The number of aromatic nitrogens is 2. The minimum atomic E-state index is -5.56. The van der Waals surface area contributed by atoms with Crippen molar-refractivity contribution in [3.63, 3.8) is 0 Å². The number of imide groups is 1. The van der Waals surface area contributed by atoms with E-state index in [-0.39, 0.29) is 32.1 Å². The molecule has 2 heterocycles. The third-order valence-electron chi connectivity index (χ3n) is 3.48. The number of carbonyl (C=O) groups excluding carboxylic acids is 2. The minimum Gasteiger partial charge on any atom is -0.374 e. The SMILES string of the molecule is Nc1nnc(S(=O)(=O)NC2(C(F)(F)F)NC(=O)N(c3ccccc3Cl)C2=O)s1. The zero-order valence-corrected chi connectivity index (χ0v) is 15.6. The molecule has 0 saturated carbocycles. The second kappa shape index (κ2) is 6.54. The molecule has 0 radical (unpaired) electrons. The third kappa shape index (κ3) is 3.15. The number of amides is 3. The lowest BCUT2D eigenvalue weighted by Crippen LogP contribution is -2.69. The number of anilines is 2. The number of halogens is 4. The van der Waals surface area contributed by atoms with E-state index in [4.69, 9.17) is 17.3 Å². The van der Waals surface area contributed by atoms with Crippen LogP contribution in [0.1, 0.15) is 0 Å². The van der Waals surface area contributed by atoms with Gasteiger partial charge in [-0.15, -0.1) is 10.2 Å². The molecule has 16 heteroatoms. The summed E-state index contributed by atoms with van der Waals surface area (Å²) in [5.41, 5.74) is 0.890. The summed E-state index contributed by atoms with van der Waals surface area (Å²) in [5, 5.41) is 7.16. The molecular formula is C12H8ClF3N6O4S2. The highest BCUT2D eigenvalue weighted by Crippen LogP contribution is 2.38. The molecule has 1 saturated heterocycles. The van der Waals surface area contributed by atoms with E-state index in [1.54, 1.807) is 0 Å². The number of nitrogen functional groups attached to an aromatic ring is 1. The van der Waals surface area contributed by atoms with Crippen LogP contribution in [-0.2, 0) is 14.8 Å². The Labute approximate surface area is 163 Å². The normalized spacial score (nSPS) is 20.5. The average Bonchev–Trinajstić information content (AvgIpc) is 3.11. The first-order chi connectivity index (χ1) is 12.9. The van der Waals surface area contributed by atoms with Crippen LogP contribution in [0.5, 0.6) is 0 Å². The van der Waals surface area contributed by atoms with Crippen molar-refractivity contribution in [1.29, 1.82) is 0 Å². The fourth-order valence-electron chi connectivity index (χ4n) is 2.27. The van der Waals surface area contributed by atoms with Gasteiger partial charge in [0.15, 0.2) is 0 Å². The standard InChI is InChI=1S/C12H8ClF3N6O4S2/c13-5-3-1-2-4-6(5)22-7(23)11(12(14,15)16,18-9(22)24)21-28(25,26)10-20-19-8(17)27-10/h1-4,21H,(H2,17,19)(H,18,24). The van der Waals surface area contributed by atoms with Crippen LogP contribution in [0, 0.1) is 0 Å². The number of rotatable bonds is 4. The molecule has 0 spiro atoms. The Hall–Kier alpha value is -2.49. The maximum absolute atomic E-state index is 13.8. The van der Waals surface area contributed by atoms with E-state index in [1.807, 2.05) is 0 Å². The molecule has 1 fully saturated rings. The van der Waals surface area contributed by atoms with Crippen molar-refractivity contribution in [1.82, 2.24) is 20.2 Å². The molecular weight excluding hydrogens is 449 g/mol. The van der Waals surface area contributed by atoms with Gasteiger partial charge >= 0.3 is 12.2 Å². The monoisotopic (exact) mass is 456 g/mol. The van der Waals surface area contributed by atoms with Crippen LogP contribution in [0.25, 0.3) is 0 Å². The van der Waals surface area contributed by atoms with Crippen molar-refractivity contribution in [2.24, 2.45) is 0 Å². The van der Waals surface area contributed by atoms with Gasteiger partial charge in [0.2, 0.25) is 9.47 Å². The van der Waals surface area contributed by atoms with E-state index in [0.717, 1.165) is 6.07 Å². The Morgan fingerprint density at radius 2 is 1.89 bits per heavy atom. The lowest BCUT2D eigenvalue weighted by molar-refractivity contribution is -0.194. The quantitative estimate of drug-likeness (QED) is 0.583. The number of urea groups is 1. The van der Waals surface area contributed by atoms with Crippen molar-refractivity contribution in [3.05, 3.63) is 29.3 Å². The second-order valence-corrected chi connectivity index (χ2v) is 8.55. The smallest absolute Gasteiger partial charge is 0.374 e. The second-order valence-electron chi connectivity index (χ2n) is 5.28. The predicted octanol–water partition coefficient (Wildman–Crippen LogP) is 1.07. The van der Waals surface area contributed by atoms with Gasteiger partial charge in [0, 0.05) is 0 Å². The maximum Gasteiger partial charge on any atom is 0.435 e. The zero-order chi connectivity index (χ0) is 20.9. The molecule has 1 aliphatic rings. The van der Waals surface area contributed by atoms with Gasteiger partial charge in [0.05, 0.1) is 10.7 Å². The molecule has 1 aromatic heterocycles. The molecule has 1 aliphatic heterocycles. The lowest BCUT2D eigenvalue weighted by atomic mass is 10.1. The molecule has 4 N–H and O–H groups in total. The summed E-state index contributed by atoms with van der Waals surface area (Å²) in [5.74, 6) is -1.95. The molecule has 1 aromatic carbocycles. The first kappa shape index (κ1) is 20.2. The van der Waals surface area contributed by atoms with Gasteiger partial charge in [-0.2, -0.15) is 17.9 Å². The van der Waals surface area contributed by atoms with Crippen molar-refractivity contribution in [2.75, 3.05) is 10.6 Å². The summed E-state index contributed by atoms with van der Waals surface area (Å²) < 4.78 is 66.3. The molecule has 0 aliphatic carbocycles. The molecule has 3 amide bonds. The number of nitrogens with zero attached hydrogens (tertiary/aromatic N) is 3. The number of nitrogens with one attached hydrogen (secondary N) is 2. The Bertz CT molecular complexity index is 1080. The number of carbonyl (C=O) groups is 2. The lowest BCUT2D eigenvalue weighted by Gasteiger charge is -2.29. The maximum atomic E-state index is 13.8. The average molecular weight is 457 g/mol. The number of sulfonamides is 1. The summed E-state index contributed by atoms with van der Waals surface area (Å²) in [4.78, 5) is 24.9. The zero-order valence-electron chi connectivity index (χ0n) is 13.2. The summed E-state index contributed by atoms with van der Waals surface area (Å²) >= 11 is 6.12. The topological polar surface area (TPSA) is 147 Å². The van der Waals surface area contributed by atoms with E-state index in [0.29, 0.717) is 0 Å². The van der Waals surface area contributed by atoms with E-state index < -0.39 is 38.1 Å². The van der Waals surface area contributed by atoms with Gasteiger partial charge in [-0.3, -0.25) is 4.79 Å². The highest BCUT2D eigenvalue weighted by atomic mass is 35.5. The van der Waals surface area contributed by atoms with Crippen LogP contribution in [0.2, 0.25) is 5.02 Å². The highest BCUT2D eigenvalue weighted by Gasteiger charge is 2.70. The van der Waals surface area contributed by atoms with Crippen molar-refractivity contribution < 1.29 is 31.2 Å². The first-order valence-corrected chi connectivity index (χ1v) is 9.68. The Morgan fingerprint density at radius 1 is 1.25 bits per heavy atom. The minimum absolute atomic E-state index is 0.0901. The number of alkyl halides is 3. The molecule has 0 bridgehead atoms. The molecule has 150 valence electrons. The van der Waals surface area contributed by atoms with Gasteiger partial charge in [-0.05, 0) is 12.1 Å². The Morgan fingerprint density at radius 3 is 2.43 bits per heavy atom. The van der Waals surface area contributed by atoms with E-state index in [1.165, 1.54) is 28.2 Å². The number of benzene rings is 1. The largest absolute Gasteiger partial charge is 0.435 e. The predicted molar refractivity (Wildman–Crippen MR) is 90.9 cm³/mol. The molecule has 10 nitrogen and oxygen atoms in total. The van der Waals surface area contributed by atoms with Gasteiger partial charge in [-0.1, -0.05) is 35.1 Å². The van der Waals surface area contributed by atoms with Gasteiger partial charge in [0.1, 0.15) is 0 Å². The van der Waals surface area contributed by atoms with E-state index >= 15 is 0 Å². The van der Waals surface area contributed by atoms with Crippen LogP contribution < -0.4 is 20.7 Å². The Balaban J connectivity index is 2.10. The Kier molecular flexibility index (Phi) is 4.73. The number of hydrogen-bond donors (Lipinski definition) is 3. The number of para-hydroxylation sites is 1. The summed E-state index contributed by atoms with van der Waals surface area (Å²) in [7, 11) is -5.04. The van der Waals surface area contributed by atoms with Crippen LogP contribution in [0.4, 0.5) is 28.8 Å². The molecule has 1 unspecified atom stereocenters. The van der Waals surface area contributed by atoms with Gasteiger partial charge < -0.3 is 11.1 Å². The van der Waals surface area contributed by atoms with Crippen molar-refractivity contribution in [2.45, 2.75) is 16.2 Å². The van der Waals surface area contributed by atoms with Gasteiger partial charge in [0.25, 0.3) is 21.6 Å². The summed E-state index contributed by atoms with van der Waals surface area (Å²) in [6.45, 7) is 0. The molecule has 2 aromatic rings. The van der Waals surface area contributed by atoms with Crippen molar-refractivity contribution >= 4 is 55.7 Å².